The van der Waals surface area contributed by atoms with Crippen LogP contribution >= 0.6 is 0 Å². The number of rotatable bonds is 5. The molecule has 0 aromatic rings. The second-order valence-corrected chi connectivity index (χ2v) is 2.71. The third kappa shape index (κ3) is 8.12. The fourth-order valence-electron chi connectivity index (χ4n) is 0.494. The van der Waals surface area contributed by atoms with E-state index in [2.05, 4.69) is 0 Å². The number of aliphatic hydroxyl groups excluding tert-OH is 2. The maximum Gasteiger partial charge on any atom is 0.335 e. The van der Waals surface area contributed by atoms with Crippen LogP contribution in [0.15, 0.2) is 0 Å². The van der Waals surface area contributed by atoms with Crippen LogP contribution < -0.4 is 0 Å². The minimum atomic E-state index is -2.27. The van der Waals surface area contributed by atoms with Crippen LogP contribution in [0.3, 0.4) is 0 Å². The largest absolute Gasteiger partial charge is 0.479 e. The Hall–Kier alpha value is -1.22. The van der Waals surface area contributed by atoms with Crippen molar-refractivity contribution in [2.75, 3.05) is 13.1 Å². The molecule has 0 aromatic heterocycles. The minimum absolute atomic E-state index is 0.719. The van der Waals surface area contributed by atoms with E-state index in [4.69, 9.17) is 25.6 Å². The highest BCUT2D eigenvalue weighted by Crippen LogP contribution is 1.92. The van der Waals surface area contributed by atoms with Crippen molar-refractivity contribution in [3.63, 3.8) is 0 Å². The van der Waals surface area contributed by atoms with Gasteiger partial charge in [-0.15, -0.1) is 0 Å². The second-order valence-electron chi connectivity index (χ2n) is 2.71. The van der Waals surface area contributed by atoms with Crippen LogP contribution in [0.1, 0.15) is 13.8 Å². The first-order valence-corrected chi connectivity index (χ1v) is 4.53. The molecule has 0 radical (unpaired) electrons. The van der Waals surface area contributed by atoms with Gasteiger partial charge in [-0.25, -0.2) is 9.59 Å². The van der Waals surface area contributed by atoms with E-state index < -0.39 is 24.1 Å². The summed E-state index contributed by atoms with van der Waals surface area (Å²) in [5.74, 6) is -3.54. The smallest absolute Gasteiger partial charge is 0.335 e. The minimum Gasteiger partial charge on any atom is -0.479 e. The van der Waals surface area contributed by atoms with E-state index in [0.29, 0.717) is 0 Å². The maximum atomic E-state index is 9.77. The molecule has 8 nitrogen and oxygen atoms in total. The molecule has 2 atom stereocenters. The standard InChI is InChI=1S/C4H11NO.C4H6O6/c1-3-5(6)4-2;5-1(3(7)8)2(6)4(9)10/h6H,3-4H2,1-2H3;1-2,5-6H,(H,7,8)(H,9,10). The van der Waals surface area contributed by atoms with Crippen molar-refractivity contribution in [1.29, 1.82) is 0 Å². The van der Waals surface area contributed by atoms with Crippen molar-refractivity contribution in [3.8, 4) is 0 Å². The molecule has 16 heavy (non-hydrogen) atoms. The van der Waals surface area contributed by atoms with Gasteiger partial charge in [0.05, 0.1) is 0 Å². The van der Waals surface area contributed by atoms with Crippen LogP contribution in [0.4, 0.5) is 0 Å². The highest BCUT2D eigenvalue weighted by Gasteiger charge is 2.29. The molecule has 0 saturated carbocycles. The van der Waals surface area contributed by atoms with Crippen LogP contribution in [0.2, 0.25) is 0 Å². The zero-order valence-corrected chi connectivity index (χ0v) is 9.07. The molecule has 0 saturated heterocycles. The van der Waals surface area contributed by atoms with Crippen LogP contribution in [-0.2, 0) is 9.59 Å². The van der Waals surface area contributed by atoms with Gasteiger partial charge < -0.3 is 25.6 Å². The van der Waals surface area contributed by atoms with Crippen molar-refractivity contribution >= 4 is 11.9 Å². The Labute approximate surface area is 92.3 Å². The lowest BCUT2D eigenvalue weighted by atomic mass is 10.2. The molecule has 5 N–H and O–H groups in total. The SMILES string of the molecule is CCN(O)CC.O=C(O)C(O)C(O)C(=O)O. The summed E-state index contributed by atoms with van der Waals surface area (Å²) >= 11 is 0. The van der Waals surface area contributed by atoms with Crippen LogP contribution in [-0.4, -0.2) is 67.9 Å². The Balaban J connectivity index is 0. The molecule has 0 bridgehead atoms. The second kappa shape index (κ2) is 9.04. The molecule has 0 rings (SSSR count). The van der Waals surface area contributed by atoms with Gasteiger partial charge in [0, 0.05) is 13.1 Å². The average Bonchev–Trinajstić information content (AvgIpc) is 2.26. The molecule has 0 aliphatic rings. The van der Waals surface area contributed by atoms with E-state index in [-0.39, 0.29) is 0 Å². The first-order valence-electron chi connectivity index (χ1n) is 4.53. The highest BCUT2D eigenvalue weighted by atomic mass is 16.5. The zero-order valence-electron chi connectivity index (χ0n) is 9.07. The lowest BCUT2D eigenvalue weighted by Gasteiger charge is -2.07. The van der Waals surface area contributed by atoms with Gasteiger partial charge in [0.25, 0.3) is 0 Å². The van der Waals surface area contributed by atoms with E-state index in [0.717, 1.165) is 13.1 Å². The molecule has 96 valence electrons. The number of nitrogens with zero attached hydrogens (tertiary/aromatic N) is 1. The maximum absolute atomic E-state index is 9.77. The topological polar surface area (TPSA) is 139 Å². The molecule has 0 amide bonds. The Kier molecular flexibility index (Phi) is 9.71. The van der Waals surface area contributed by atoms with Crippen molar-refractivity contribution in [1.82, 2.24) is 5.06 Å². The lowest BCUT2D eigenvalue weighted by molar-refractivity contribution is -0.165. The Morgan fingerprint density at radius 1 is 1.00 bits per heavy atom. The summed E-state index contributed by atoms with van der Waals surface area (Å²) < 4.78 is 0. The predicted octanol–water partition coefficient (Wildman–Crippen LogP) is -1.41. The monoisotopic (exact) mass is 239 g/mol. The number of aliphatic hydroxyl groups is 2. The summed E-state index contributed by atoms with van der Waals surface area (Å²) in [6.07, 6.45) is -4.53. The fourth-order valence-corrected chi connectivity index (χ4v) is 0.494. The number of hydrogen-bond donors (Lipinski definition) is 5. The van der Waals surface area contributed by atoms with E-state index in [1.165, 1.54) is 5.06 Å². The number of carboxylic acid groups (broad SMARTS) is 2. The predicted molar refractivity (Wildman–Crippen MR) is 52.0 cm³/mol. The normalized spacial score (nSPS) is 13.6. The highest BCUT2D eigenvalue weighted by molar-refractivity contribution is 5.83. The molecule has 0 aliphatic heterocycles. The Morgan fingerprint density at radius 3 is 1.31 bits per heavy atom. The van der Waals surface area contributed by atoms with E-state index in [1.807, 2.05) is 13.8 Å². The number of hydrogen-bond acceptors (Lipinski definition) is 6. The van der Waals surface area contributed by atoms with Gasteiger partial charge in [-0.05, 0) is 0 Å². The third-order valence-corrected chi connectivity index (χ3v) is 1.54. The molecule has 0 aromatic carbocycles. The molecular formula is C8H17NO7. The van der Waals surface area contributed by atoms with Crippen molar-refractivity contribution in [2.45, 2.75) is 26.1 Å². The molecule has 0 spiro atoms. The molecule has 8 heteroatoms. The van der Waals surface area contributed by atoms with Crippen LogP contribution in [0.25, 0.3) is 0 Å². The van der Waals surface area contributed by atoms with Crippen molar-refractivity contribution in [2.24, 2.45) is 0 Å². The number of hydroxylamine groups is 2. The van der Waals surface area contributed by atoms with E-state index >= 15 is 0 Å². The number of carboxylic acids is 2. The molecule has 0 heterocycles. The molecule has 2 unspecified atom stereocenters. The Morgan fingerprint density at radius 2 is 1.25 bits per heavy atom. The molecule has 0 aliphatic carbocycles. The number of carbonyl (C=O) groups is 2. The van der Waals surface area contributed by atoms with E-state index in [1.54, 1.807) is 0 Å². The van der Waals surface area contributed by atoms with Gasteiger partial charge >= 0.3 is 11.9 Å². The third-order valence-electron chi connectivity index (χ3n) is 1.54. The average molecular weight is 239 g/mol. The summed E-state index contributed by atoms with van der Waals surface area (Å²) in [6, 6.07) is 0. The fraction of sp³-hybridized carbons (Fsp3) is 0.750. The van der Waals surface area contributed by atoms with Crippen molar-refractivity contribution in [3.05, 3.63) is 0 Å². The summed E-state index contributed by atoms with van der Waals surface area (Å²) in [4.78, 5) is 19.5. The van der Waals surface area contributed by atoms with Gasteiger partial charge in [0.2, 0.25) is 0 Å². The van der Waals surface area contributed by atoms with Gasteiger partial charge in [0.15, 0.2) is 12.2 Å². The van der Waals surface area contributed by atoms with Gasteiger partial charge in [-0.3, -0.25) is 0 Å². The first kappa shape index (κ1) is 17.2. The quantitative estimate of drug-likeness (QED) is 0.369. The molecule has 0 fully saturated rings. The van der Waals surface area contributed by atoms with Gasteiger partial charge in [-0.1, -0.05) is 13.8 Å². The lowest BCUT2D eigenvalue weighted by Crippen LogP contribution is -2.39. The Bertz CT molecular complexity index is 198. The summed E-state index contributed by atoms with van der Waals surface area (Å²) in [5, 5.41) is 42.3. The summed E-state index contributed by atoms with van der Waals surface area (Å²) in [7, 11) is 0. The van der Waals surface area contributed by atoms with Gasteiger partial charge in [-0.2, -0.15) is 5.06 Å². The zero-order chi connectivity index (χ0) is 13.3. The molecular weight excluding hydrogens is 222 g/mol. The van der Waals surface area contributed by atoms with Crippen LogP contribution in [0, 0.1) is 0 Å². The number of aliphatic carboxylic acids is 2. The summed E-state index contributed by atoms with van der Waals surface area (Å²) in [6.45, 7) is 5.25. The van der Waals surface area contributed by atoms with Gasteiger partial charge in [0.1, 0.15) is 0 Å². The van der Waals surface area contributed by atoms with E-state index in [9.17, 15) is 9.59 Å². The summed E-state index contributed by atoms with van der Waals surface area (Å²) in [5.41, 5.74) is 0. The first-order chi connectivity index (χ1) is 7.27. The van der Waals surface area contributed by atoms with Crippen molar-refractivity contribution < 1.29 is 35.2 Å². The van der Waals surface area contributed by atoms with Crippen LogP contribution in [0.5, 0.6) is 0 Å².